The van der Waals surface area contributed by atoms with E-state index in [9.17, 15) is 24.6 Å². The second-order valence-electron chi connectivity index (χ2n) is 5.41. The number of rotatable bonds is 6. The monoisotopic (exact) mass is 356 g/mol. The van der Waals surface area contributed by atoms with Crippen LogP contribution in [0.2, 0.25) is 0 Å². The molecule has 1 fully saturated rings. The van der Waals surface area contributed by atoms with Crippen LogP contribution in [0.25, 0.3) is 6.20 Å². The highest BCUT2D eigenvalue weighted by Gasteiger charge is 2.44. The van der Waals surface area contributed by atoms with Gasteiger partial charge in [0.2, 0.25) is 5.91 Å². The van der Waals surface area contributed by atoms with Crippen LogP contribution >= 0.6 is 0 Å². The Hall–Kier alpha value is -2.31. The van der Waals surface area contributed by atoms with Crippen molar-refractivity contribution >= 4 is 12.1 Å². The molecule has 0 aromatic carbocycles. The zero-order valence-corrected chi connectivity index (χ0v) is 13.2. The van der Waals surface area contributed by atoms with Gasteiger partial charge in [0.1, 0.15) is 24.4 Å². The Labute approximate surface area is 141 Å². The molecule has 1 aromatic rings. The van der Waals surface area contributed by atoms with Crippen LogP contribution in [0, 0.1) is 0 Å². The highest BCUT2D eigenvalue weighted by atomic mass is 16.6. The summed E-state index contributed by atoms with van der Waals surface area (Å²) in [6, 6.07) is 0. The molecule has 1 aliphatic rings. The number of carbonyl (C=O) groups is 1. The lowest BCUT2D eigenvalue weighted by Gasteiger charge is -2.14. The summed E-state index contributed by atoms with van der Waals surface area (Å²) in [6.07, 6.45) is -1.85. The molecule has 2 heterocycles. The number of amides is 1. The van der Waals surface area contributed by atoms with Crippen LogP contribution in [0.15, 0.2) is 21.9 Å². The van der Waals surface area contributed by atoms with Gasteiger partial charge < -0.3 is 31.1 Å². The van der Waals surface area contributed by atoms with Gasteiger partial charge in [0, 0.05) is 31.6 Å². The Bertz CT molecular complexity index is 756. The minimum Gasteiger partial charge on any atom is -0.394 e. The molecule has 4 atom stereocenters. The molecular formula is C14H20N4O7. The van der Waals surface area contributed by atoms with E-state index in [2.05, 4.69) is 5.32 Å². The van der Waals surface area contributed by atoms with Crippen molar-refractivity contribution in [2.75, 3.05) is 19.7 Å². The van der Waals surface area contributed by atoms with Gasteiger partial charge in [0.25, 0.3) is 5.56 Å². The lowest BCUT2D eigenvalue weighted by atomic mass is 10.0. The third-order valence-electron chi connectivity index (χ3n) is 3.67. The summed E-state index contributed by atoms with van der Waals surface area (Å²) >= 11 is 0. The Morgan fingerprint density at radius 2 is 2.12 bits per heavy atom. The van der Waals surface area contributed by atoms with Crippen LogP contribution in [-0.2, 0) is 9.53 Å². The normalized spacial score (nSPS) is 26.2. The first kappa shape index (κ1) is 19.0. The largest absolute Gasteiger partial charge is 0.394 e. The quantitative estimate of drug-likeness (QED) is 0.281. The third kappa shape index (κ3) is 4.21. The van der Waals surface area contributed by atoms with E-state index in [0.29, 0.717) is 0 Å². The molecule has 0 bridgehead atoms. The van der Waals surface area contributed by atoms with Crippen LogP contribution in [0.3, 0.4) is 0 Å². The maximum absolute atomic E-state index is 12.0. The number of aliphatic hydroxyl groups excluding tert-OH is 3. The number of aromatic amines is 1. The fraction of sp³-hybridized carbons (Fsp3) is 0.500. The number of H-pyrrole nitrogens is 1. The average molecular weight is 356 g/mol. The average Bonchev–Trinajstić information content (AvgIpc) is 2.87. The molecule has 0 aliphatic carbocycles. The predicted octanol–water partition coefficient (Wildman–Crippen LogP) is -3.76. The van der Waals surface area contributed by atoms with E-state index < -0.39 is 48.2 Å². The first-order valence-electron chi connectivity index (χ1n) is 7.53. The maximum atomic E-state index is 12.0. The molecule has 25 heavy (non-hydrogen) atoms. The van der Waals surface area contributed by atoms with E-state index in [1.165, 1.54) is 0 Å². The van der Waals surface area contributed by atoms with Gasteiger partial charge in [0.15, 0.2) is 0 Å². The maximum Gasteiger partial charge on any atom is 0.332 e. The van der Waals surface area contributed by atoms with Gasteiger partial charge in [-0.25, -0.2) is 4.79 Å². The van der Waals surface area contributed by atoms with Crippen molar-refractivity contribution in [1.29, 1.82) is 0 Å². The van der Waals surface area contributed by atoms with E-state index in [1.807, 2.05) is 4.98 Å². The molecule has 1 aliphatic heterocycles. The van der Waals surface area contributed by atoms with E-state index >= 15 is 0 Å². The number of ether oxygens (including phenoxy) is 1. The number of hydrogen-bond donors (Lipinski definition) is 6. The van der Waals surface area contributed by atoms with Crippen LogP contribution in [0.5, 0.6) is 0 Å². The molecule has 1 saturated heterocycles. The lowest BCUT2D eigenvalue weighted by molar-refractivity contribution is -0.116. The molecule has 0 saturated carbocycles. The molecule has 0 radical (unpaired) electrons. The smallest absolute Gasteiger partial charge is 0.332 e. The van der Waals surface area contributed by atoms with E-state index in [1.54, 1.807) is 0 Å². The van der Waals surface area contributed by atoms with Gasteiger partial charge in [-0.3, -0.25) is 19.1 Å². The Morgan fingerprint density at radius 3 is 2.72 bits per heavy atom. The first-order valence-corrected chi connectivity index (χ1v) is 7.53. The number of nitrogens with zero attached hydrogens (tertiary/aromatic N) is 1. The topological polar surface area (TPSA) is 180 Å². The molecule has 11 nitrogen and oxygen atoms in total. The highest BCUT2D eigenvalue weighted by molar-refractivity contribution is 5.90. The van der Waals surface area contributed by atoms with Gasteiger partial charge in [-0.2, -0.15) is 0 Å². The number of aliphatic hydroxyl groups is 3. The molecule has 1 amide bonds. The molecule has 2 rings (SSSR count). The summed E-state index contributed by atoms with van der Waals surface area (Å²) in [5.74, 6) is -0.488. The second-order valence-corrected chi connectivity index (χ2v) is 5.41. The number of aromatic nitrogens is 2. The van der Waals surface area contributed by atoms with E-state index in [-0.39, 0.29) is 18.7 Å². The van der Waals surface area contributed by atoms with E-state index in [4.69, 9.17) is 15.6 Å². The summed E-state index contributed by atoms with van der Waals surface area (Å²) in [4.78, 5) is 37.3. The fourth-order valence-electron chi connectivity index (χ4n) is 2.37. The van der Waals surface area contributed by atoms with Crippen molar-refractivity contribution in [3.8, 4) is 0 Å². The molecule has 1 aromatic heterocycles. The van der Waals surface area contributed by atoms with Crippen LogP contribution in [-0.4, -0.2) is 68.8 Å². The number of hydrogen-bond acceptors (Lipinski definition) is 8. The van der Waals surface area contributed by atoms with Crippen LogP contribution in [0.4, 0.5) is 0 Å². The SMILES string of the molecule is NCCNC(=O)C=Cn1cc(C2OC(CO)C(O)C2O)c(=O)[nH]c1=O. The summed E-state index contributed by atoms with van der Waals surface area (Å²) in [5, 5.41) is 31.3. The molecular weight excluding hydrogens is 336 g/mol. The summed E-state index contributed by atoms with van der Waals surface area (Å²) in [6.45, 7) is -0.0292. The third-order valence-corrected chi connectivity index (χ3v) is 3.67. The van der Waals surface area contributed by atoms with Gasteiger partial charge in [-0.05, 0) is 0 Å². The zero-order valence-electron chi connectivity index (χ0n) is 13.2. The Morgan fingerprint density at radius 1 is 1.40 bits per heavy atom. The number of carbonyl (C=O) groups excluding carboxylic acids is 1. The predicted molar refractivity (Wildman–Crippen MR) is 85.4 cm³/mol. The van der Waals surface area contributed by atoms with Crippen molar-refractivity contribution in [1.82, 2.24) is 14.9 Å². The van der Waals surface area contributed by atoms with Gasteiger partial charge in [-0.1, -0.05) is 0 Å². The summed E-state index contributed by atoms with van der Waals surface area (Å²) < 4.78 is 6.20. The highest BCUT2D eigenvalue weighted by Crippen LogP contribution is 2.31. The zero-order chi connectivity index (χ0) is 18.6. The second kappa shape index (κ2) is 8.18. The lowest BCUT2D eigenvalue weighted by Crippen LogP contribution is -2.35. The minimum absolute atomic E-state index is 0.130. The Kier molecular flexibility index (Phi) is 6.22. The summed E-state index contributed by atoms with van der Waals surface area (Å²) in [7, 11) is 0. The van der Waals surface area contributed by atoms with Crippen molar-refractivity contribution in [2.45, 2.75) is 24.4 Å². The van der Waals surface area contributed by atoms with Crippen LogP contribution in [0.1, 0.15) is 11.7 Å². The molecule has 4 unspecified atom stereocenters. The first-order chi connectivity index (χ1) is 11.9. The molecule has 0 spiro atoms. The van der Waals surface area contributed by atoms with Crippen molar-refractivity contribution in [3.63, 3.8) is 0 Å². The molecule has 7 N–H and O–H groups in total. The molecule has 11 heteroatoms. The minimum atomic E-state index is -1.46. The van der Waals surface area contributed by atoms with E-state index in [0.717, 1.165) is 23.0 Å². The standard InChI is InChI=1S/C14H20N4O7/c15-2-3-16-9(20)1-4-18-5-7(13(23)17-14(18)24)12-11(22)10(21)8(6-19)25-12/h1,4-5,8,10-12,19,21-22H,2-3,6,15H2,(H,16,20)(H,17,23,24). The fourth-order valence-corrected chi connectivity index (χ4v) is 2.37. The number of nitrogens with two attached hydrogens (primary N) is 1. The number of nitrogens with one attached hydrogen (secondary N) is 2. The van der Waals surface area contributed by atoms with Gasteiger partial charge in [0.05, 0.1) is 12.2 Å². The van der Waals surface area contributed by atoms with Gasteiger partial charge >= 0.3 is 5.69 Å². The van der Waals surface area contributed by atoms with Crippen molar-refractivity contribution in [2.24, 2.45) is 5.73 Å². The Balaban J connectivity index is 2.29. The molecule has 138 valence electrons. The van der Waals surface area contributed by atoms with Gasteiger partial charge in [-0.15, -0.1) is 0 Å². The van der Waals surface area contributed by atoms with Crippen molar-refractivity contribution < 1.29 is 24.9 Å². The van der Waals surface area contributed by atoms with Crippen molar-refractivity contribution in [3.05, 3.63) is 38.7 Å². The van der Waals surface area contributed by atoms with Crippen LogP contribution < -0.4 is 22.3 Å². The summed E-state index contributed by atoms with van der Waals surface area (Å²) in [5.41, 5.74) is 3.51.